The van der Waals surface area contributed by atoms with E-state index in [0.717, 1.165) is 0 Å². The number of aromatic nitrogens is 4. The zero-order valence-corrected chi connectivity index (χ0v) is 10.9. The van der Waals surface area contributed by atoms with E-state index in [0.29, 0.717) is 11.2 Å². The fraction of sp³-hybridized carbons (Fsp3) is 0.250. The molecule has 0 spiro atoms. The van der Waals surface area contributed by atoms with Gasteiger partial charge in [-0.3, -0.25) is 4.57 Å². The van der Waals surface area contributed by atoms with Crippen molar-refractivity contribution in [3.8, 4) is 12.3 Å². The Bertz CT molecular complexity index is 750. The van der Waals surface area contributed by atoms with Gasteiger partial charge in [0.25, 0.3) is 0 Å². The Morgan fingerprint density at radius 2 is 2.40 bits per heavy atom. The SMILES string of the molecule is C#C[C@@]1(CO)C=C[C@H](n2cnc3c(N)nc(Cl)nc32)O1. The third-order valence-corrected chi connectivity index (χ3v) is 3.20. The van der Waals surface area contributed by atoms with E-state index < -0.39 is 11.8 Å². The van der Waals surface area contributed by atoms with Crippen molar-refractivity contribution in [2.24, 2.45) is 0 Å². The summed E-state index contributed by atoms with van der Waals surface area (Å²) < 4.78 is 7.28. The highest BCUT2D eigenvalue weighted by Crippen LogP contribution is 2.31. The first-order chi connectivity index (χ1) is 9.58. The maximum atomic E-state index is 9.32. The van der Waals surface area contributed by atoms with Gasteiger partial charge in [-0.2, -0.15) is 9.97 Å². The molecule has 3 N–H and O–H groups in total. The second kappa shape index (κ2) is 4.45. The summed E-state index contributed by atoms with van der Waals surface area (Å²) in [7, 11) is 0. The molecular weight excluding hydrogens is 282 g/mol. The molecule has 2 atom stereocenters. The van der Waals surface area contributed by atoms with Crippen molar-refractivity contribution in [1.29, 1.82) is 0 Å². The van der Waals surface area contributed by atoms with Crippen molar-refractivity contribution in [2.45, 2.75) is 11.8 Å². The lowest BCUT2D eigenvalue weighted by molar-refractivity contribution is -0.0470. The number of imidazole rings is 1. The van der Waals surface area contributed by atoms with E-state index in [1.807, 2.05) is 0 Å². The van der Waals surface area contributed by atoms with Crippen LogP contribution in [0.25, 0.3) is 11.2 Å². The topological polar surface area (TPSA) is 99.1 Å². The van der Waals surface area contributed by atoms with Gasteiger partial charge in [-0.25, -0.2) is 4.98 Å². The minimum Gasteiger partial charge on any atom is -0.392 e. The van der Waals surface area contributed by atoms with Gasteiger partial charge in [0.2, 0.25) is 5.28 Å². The third-order valence-electron chi connectivity index (χ3n) is 3.04. The number of anilines is 1. The molecule has 0 radical (unpaired) electrons. The molecule has 0 fully saturated rings. The summed E-state index contributed by atoms with van der Waals surface area (Å²) in [6.07, 6.45) is 9.67. The van der Waals surface area contributed by atoms with Crippen molar-refractivity contribution >= 4 is 28.6 Å². The molecule has 2 aromatic rings. The lowest BCUT2D eigenvalue weighted by Crippen LogP contribution is -2.31. The minimum absolute atomic E-state index is 0.0177. The molecule has 102 valence electrons. The molecule has 1 aliphatic rings. The van der Waals surface area contributed by atoms with Gasteiger partial charge in [-0.05, 0) is 23.8 Å². The second-order valence-electron chi connectivity index (χ2n) is 4.26. The highest BCUT2D eigenvalue weighted by molar-refractivity contribution is 6.28. The number of ether oxygens (including phenoxy) is 1. The summed E-state index contributed by atoms with van der Waals surface area (Å²) in [5.74, 6) is 2.60. The van der Waals surface area contributed by atoms with Crippen LogP contribution in [0.3, 0.4) is 0 Å². The molecule has 0 saturated heterocycles. The molecule has 7 nitrogen and oxygen atoms in total. The van der Waals surface area contributed by atoms with Gasteiger partial charge in [-0.15, -0.1) is 6.42 Å². The summed E-state index contributed by atoms with van der Waals surface area (Å²) >= 11 is 5.80. The Balaban J connectivity index is 2.06. The Labute approximate surface area is 119 Å². The molecular formula is C12H10ClN5O2. The van der Waals surface area contributed by atoms with E-state index in [1.165, 1.54) is 6.33 Å². The third kappa shape index (κ3) is 1.82. The molecule has 0 saturated carbocycles. The number of hydrogen-bond acceptors (Lipinski definition) is 6. The van der Waals surface area contributed by atoms with Gasteiger partial charge in [-0.1, -0.05) is 5.92 Å². The zero-order valence-electron chi connectivity index (χ0n) is 10.2. The number of nitrogens with zero attached hydrogens (tertiary/aromatic N) is 4. The van der Waals surface area contributed by atoms with Gasteiger partial charge in [0.05, 0.1) is 12.9 Å². The maximum absolute atomic E-state index is 9.32. The fourth-order valence-corrected chi connectivity index (χ4v) is 2.17. The Hall–Kier alpha value is -2.14. The average Bonchev–Trinajstić information content (AvgIpc) is 3.02. The summed E-state index contributed by atoms with van der Waals surface area (Å²) in [6.45, 7) is -0.318. The van der Waals surface area contributed by atoms with Crippen LogP contribution in [0, 0.1) is 12.3 Å². The number of aliphatic hydroxyl groups is 1. The first-order valence-electron chi connectivity index (χ1n) is 5.70. The van der Waals surface area contributed by atoms with Crippen LogP contribution < -0.4 is 5.73 Å². The van der Waals surface area contributed by atoms with E-state index in [2.05, 4.69) is 20.9 Å². The van der Waals surface area contributed by atoms with Gasteiger partial charge in [0.15, 0.2) is 23.3 Å². The largest absolute Gasteiger partial charge is 0.392 e. The Morgan fingerprint density at radius 1 is 1.60 bits per heavy atom. The smallest absolute Gasteiger partial charge is 0.226 e. The number of rotatable bonds is 2. The van der Waals surface area contributed by atoms with Crippen molar-refractivity contribution in [3.05, 3.63) is 23.8 Å². The standard InChI is InChI=1S/C12H10ClN5O2/c1-2-12(5-19)4-3-7(20-12)18-6-15-8-9(14)16-11(13)17-10(8)18/h1,3-4,6-7,19H,5H2,(H2,14,16,17)/t7-,12+/m1/s1. The molecule has 1 aliphatic heterocycles. The first kappa shape index (κ1) is 12.9. The molecule has 0 unspecified atom stereocenters. The normalized spacial score (nSPS) is 25.1. The Morgan fingerprint density at radius 3 is 3.05 bits per heavy atom. The van der Waals surface area contributed by atoms with Crippen LogP contribution in [-0.4, -0.2) is 36.8 Å². The van der Waals surface area contributed by atoms with Crippen LogP contribution in [0.15, 0.2) is 18.5 Å². The summed E-state index contributed by atoms with van der Waals surface area (Å²) in [4.78, 5) is 12.0. The average molecular weight is 292 g/mol. The number of terminal acetylenes is 1. The molecule has 8 heteroatoms. The van der Waals surface area contributed by atoms with Crippen molar-refractivity contribution in [1.82, 2.24) is 19.5 Å². The van der Waals surface area contributed by atoms with Crippen molar-refractivity contribution in [3.63, 3.8) is 0 Å². The predicted molar refractivity (Wildman–Crippen MR) is 72.7 cm³/mol. The number of hydrogen-bond donors (Lipinski definition) is 2. The van der Waals surface area contributed by atoms with E-state index in [-0.39, 0.29) is 17.7 Å². The highest BCUT2D eigenvalue weighted by Gasteiger charge is 2.34. The number of halogens is 1. The number of fused-ring (bicyclic) bond motifs is 1. The Kier molecular flexibility index (Phi) is 2.87. The van der Waals surface area contributed by atoms with Crippen LogP contribution in [0.5, 0.6) is 0 Å². The van der Waals surface area contributed by atoms with Crippen LogP contribution in [0.1, 0.15) is 6.23 Å². The maximum Gasteiger partial charge on any atom is 0.226 e. The van der Waals surface area contributed by atoms with Crippen LogP contribution in [-0.2, 0) is 4.74 Å². The van der Waals surface area contributed by atoms with Gasteiger partial charge in [0.1, 0.15) is 5.52 Å². The van der Waals surface area contributed by atoms with Crippen LogP contribution in [0.4, 0.5) is 5.82 Å². The van der Waals surface area contributed by atoms with E-state index in [9.17, 15) is 5.11 Å². The van der Waals surface area contributed by atoms with E-state index in [4.69, 9.17) is 28.5 Å². The monoisotopic (exact) mass is 291 g/mol. The molecule has 0 amide bonds. The highest BCUT2D eigenvalue weighted by atomic mass is 35.5. The van der Waals surface area contributed by atoms with Gasteiger partial charge >= 0.3 is 0 Å². The molecule has 0 aromatic carbocycles. The lowest BCUT2D eigenvalue weighted by Gasteiger charge is -2.21. The minimum atomic E-state index is -1.14. The van der Waals surface area contributed by atoms with E-state index in [1.54, 1.807) is 16.7 Å². The summed E-state index contributed by atoms with van der Waals surface area (Å²) in [5.41, 5.74) is 5.45. The van der Waals surface area contributed by atoms with Crippen molar-refractivity contribution < 1.29 is 9.84 Å². The zero-order chi connectivity index (χ0) is 14.3. The second-order valence-corrected chi connectivity index (χ2v) is 4.60. The van der Waals surface area contributed by atoms with E-state index >= 15 is 0 Å². The molecule has 0 aliphatic carbocycles. The summed E-state index contributed by atoms with van der Waals surface area (Å²) in [6, 6.07) is 0. The molecule has 3 rings (SSSR count). The van der Waals surface area contributed by atoms with Crippen LogP contribution in [0.2, 0.25) is 5.28 Å². The molecule has 20 heavy (non-hydrogen) atoms. The molecule has 0 bridgehead atoms. The van der Waals surface area contributed by atoms with Crippen LogP contribution >= 0.6 is 11.6 Å². The molecule has 2 aromatic heterocycles. The van der Waals surface area contributed by atoms with Gasteiger partial charge in [0, 0.05) is 0 Å². The quantitative estimate of drug-likeness (QED) is 0.475. The molecule has 3 heterocycles. The van der Waals surface area contributed by atoms with Crippen molar-refractivity contribution in [2.75, 3.05) is 12.3 Å². The lowest BCUT2D eigenvalue weighted by atomic mass is 10.1. The predicted octanol–water partition coefficient (Wildman–Crippen LogP) is 0.511. The summed E-state index contributed by atoms with van der Waals surface area (Å²) in [5, 5.41) is 9.34. The number of aliphatic hydroxyl groups excluding tert-OH is 1. The number of nitrogen functional groups attached to an aromatic ring is 1. The van der Waals surface area contributed by atoms with Gasteiger partial charge < -0.3 is 15.6 Å². The fourth-order valence-electron chi connectivity index (χ4n) is 2.00. The first-order valence-corrected chi connectivity index (χ1v) is 6.08. The number of nitrogens with two attached hydrogens (primary N) is 1.